The average molecular weight is 496 g/mol. The molecule has 2 aromatic carbocycles. The summed E-state index contributed by atoms with van der Waals surface area (Å²) < 4.78 is 27.8. The number of carbonyl (C=O) groups excluding carboxylic acids is 2. The van der Waals surface area contributed by atoms with Crippen LogP contribution in [0.3, 0.4) is 0 Å². The van der Waals surface area contributed by atoms with Gasteiger partial charge in [-0.1, -0.05) is 60.2 Å². The Morgan fingerprint density at radius 2 is 1.71 bits per heavy atom. The van der Waals surface area contributed by atoms with Gasteiger partial charge in [-0.2, -0.15) is 4.31 Å². The van der Waals surface area contributed by atoms with E-state index in [-0.39, 0.29) is 29.8 Å². The molecule has 0 saturated carbocycles. The third kappa shape index (κ3) is 5.65. The van der Waals surface area contributed by atoms with Gasteiger partial charge < -0.3 is 10.2 Å². The number of amides is 2. The van der Waals surface area contributed by atoms with Gasteiger partial charge in [0.25, 0.3) is 0 Å². The Morgan fingerprint density at radius 3 is 2.37 bits per heavy atom. The van der Waals surface area contributed by atoms with E-state index in [1.165, 1.54) is 24.1 Å². The van der Waals surface area contributed by atoms with E-state index in [1.807, 2.05) is 30.3 Å². The second kappa shape index (κ2) is 10.7. The van der Waals surface area contributed by atoms with Crippen molar-refractivity contribution in [1.29, 1.82) is 0 Å². The first-order chi connectivity index (χ1) is 16.8. The average Bonchev–Trinajstić information content (AvgIpc) is 2.88. The van der Waals surface area contributed by atoms with Crippen LogP contribution in [0, 0.1) is 0 Å². The maximum Gasteiger partial charge on any atom is 0.247 e. The number of piperazine rings is 1. The topological polar surface area (TPSA) is 86.8 Å². The van der Waals surface area contributed by atoms with Crippen molar-refractivity contribution in [2.75, 3.05) is 19.6 Å². The molecule has 2 aromatic rings. The normalized spacial score (nSPS) is 21.5. The molecule has 0 unspecified atom stereocenters. The van der Waals surface area contributed by atoms with E-state index in [0.717, 1.165) is 29.1 Å². The van der Waals surface area contributed by atoms with Crippen molar-refractivity contribution >= 4 is 21.8 Å². The van der Waals surface area contributed by atoms with Gasteiger partial charge in [-0.15, -0.1) is 0 Å². The third-order valence-electron chi connectivity index (χ3n) is 6.90. The van der Waals surface area contributed by atoms with Crippen molar-refractivity contribution in [3.63, 3.8) is 0 Å². The van der Waals surface area contributed by atoms with E-state index in [2.05, 4.69) is 11.4 Å². The summed E-state index contributed by atoms with van der Waals surface area (Å²) in [5, 5.41) is 2.94. The number of carbonyl (C=O) groups is 2. The highest BCUT2D eigenvalue weighted by molar-refractivity contribution is 7.89. The van der Waals surface area contributed by atoms with Crippen molar-refractivity contribution in [3.05, 3.63) is 77.9 Å². The van der Waals surface area contributed by atoms with Crippen molar-refractivity contribution in [2.45, 2.75) is 56.0 Å². The van der Waals surface area contributed by atoms with Crippen LogP contribution in [0.15, 0.2) is 77.2 Å². The minimum atomic E-state index is -3.93. The number of sulfonamides is 1. The predicted octanol–water partition coefficient (Wildman–Crippen LogP) is 3.49. The molecule has 1 saturated heterocycles. The van der Waals surface area contributed by atoms with Crippen molar-refractivity contribution in [1.82, 2.24) is 14.5 Å². The molecule has 8 heteroatoms. The fourth-order valence-corrected chi connectivity index (χ4v) is 6.33. The summed E-state index contributed by atoms with van der Waals surface area (Å²) in [6.07, 6.45) is 7.29. The summed E-state index contributed by atoms with van der Waals surface area (Å²) >= 11 is 0. The molecular weight excluding hydrogens is 462 g/mol. The monoisotopic (exact) mass is 495 g/mol. The van der Waals surface area contributed by atoms with E-state index in [4.69, 9.17) is 0 Å². The van der Waals surface area contributed by atoms with Gasteiger partial charge >= 0.3 is 0 Å². The van der Waals surface area contributed by atoms with Gasteiger partial charge in [0.05, 0.1) is 11.4 Å². The van der Waals surface area contributed by atoms with Gasteiger partial charge in [-0.3, -0.25) is 9.59 Å². The van der Waals surface area contributed by atoms with Crippen LogP contribution in [0.4, 0.5) is 0 Å². The van der Waals surface area contributed by atoms with Gasteiger partial charge in [-0.05, 0) is 56.7 Å². The zero-order valence-electron chi connectivity index (χ0n) is 20.2. The van der Waals surface area contributed by atoms with Gasteiger partial charge in [0, 0.05) is 19.6 Å². The first-order valence-corrected chi connectivity index (χ1v) is 13.6. The Morgan fingerprint density at radius 1 is 1.03 bits per heavy atom. The van der Waals surface area contributed by atoms with Crippen LogP contribution >= 0.6 is 0 Å². The lowest BCUT2D eigenvalue weighted by atomic mass is 9.92. The number of benzene rings is 2. The summed E-state index contributed by atoms with van der Waals surface area (Å²) in [7, 11) is -3.93. The van der Waals surface area contributed by atoms with Crippen LogP contribution in [0.2, 0.25) is 0 Å². The SMILES string of the molecule is C[C@@]1(C(=O)NCc2ccccc2)CN(S(=O)(=O)c2ccccc2)CC(=O)N1CCC1=CCCCC1. The molecule has 0 bridgehead atoms. The Balaban J connectivity index is 1.59. The van der Waals surface area contributed by atoms with Crippen LogP contribution in [-0.4, -0.2) is 54.6 Å². The third-order valence-corrected chi connectivity index (χ3v) is 8.71. The molecule has 0 radical (unpaired) electrons. The molecular formula is C27H33N3O4S. The maximum atomic E-state index is 13.6. The molecule has 0 spiro atoms. The maximum absolute atomic E-state index is 13.6. The van der Waals surface area contributed by atoms with E-state index in [1.54, 1.807) is 30.0 Å². The Hall–Kier alpha value is -2.97. The summed E-state index contributed by atoms with van der Waals surface area (Å²) in [6.45, 7) is 1.98. The van der Waals surface area contributed by atoms with Crippen LogP contribution < -0.4 is 5.32 Å². The lowest BCUT2D eigenvalue weighted by molar-refractivity contribution is -0.152. The van der Waals surface area contributed by atoms with Crippen molar-refractivity contribution in [2.24, 2.45) is 0 Å². The smallest absolute Gasteiger partial charge is 0.247 e. The quantitative estimate of drug-likeness (QED) is 0.568. The van der Waals surface area contributed by atoms with Gasteiger partial charge in [-0.25, -0.2) is 8.42 Å². The largest absolute Gasteiger partial charge is 0.350 e. The highest BCUT2D eigenvalue weighted by Crippen LogP contribution is 2.29. The van der Waals surface area contributed by atoms with Crippen LogP contribution in [0.1, 0.15) is 44.6 Å². The van der Waals surface area contributed by atoms with Crippen molar-refractivity contribution < 1.29 is 18.0 Å². The summed E-state index contributed by atoms with van der Waals surface area (Å²) in [5.41, 5.74) is 0.899. The van der Waals surface area contributed by atoms with E-state index in [9.17, 15) is 18.0 Å². The Bertz CT molecular complexity index is 1180. The first kappa shape index (κ1) is 25.1. The molecule has 1 aliphatic heterocycles. The first-order valence-electron chi connectivity index (χ1n) is 12.2. The molecule has 0 aromatic heterocycles. The zero-order valence-corrected chi connectivity index (χ0v) is 21.0. The summed E-state index contributed by atoms with van der Waals surface area (Å²) in [6, 6.07) is 17.6. The molecule has 186 valence electrons. The minimum absolute atomic E-state index is 0.102. The molecule has 2 amide bonds. The van der Waals surface area contributed by atoms with E-state index in [0.29, 0.717) is 19.5 Å². The molecule has 2 aliphatic rings. The molecule has 1 aliphatic carbocycles. The molecule has 7 nitrogen and oxygen atoms in total. The summed E-state index contributed by atoms with van der Waals surface area (Å²) in [5.74, 6) is -0.718. The van der Waals surface area contributed by atoms with Gasteiger partial charge in [0.1, 0.15) is 5.54 Å². The second-order valence-corrected chi connectivity index (χ2v) is 11.4. The summed E-state index contributed by atoms with van der Waals surface area (Å²) in [4.78, 5) is 28.6. The Labute approximate surface area is 207 Å². The minimum Gasteiger partial charge on any atom is -0.350 e. The highest BCUT2D eigenvalue weighted by Gasteiger charge is 2.50. The van der Waals surface area contributed by atoms with E-state index < -0.39 is 15.6 Å². The number of allylic oxidation sites excluding steroid dienone is 1. The molecule has 1 atom stereocenters. The lowest BCUT2D eigenvalue weighted by Crippen LogP contribution is -2.69. The van der Waals surface area contributed by atoms with Gasteiger partial charge in [0.2, 0.25) is 21.8 Å². The fourth-order valence-electron chi connectivity index (χ4n) is 4.83. The number of hydrogen-bond acceptors (Lipinski definition) is 4. The van der Waals surface area contributed by atoms with Crippen LogP contribution in [0.25, 0.3) is 0 Å². The van der Waals surface area contributed by atoms with Crippen LogP contribution in [-0.2, 0) is 26.2 Å². The molecule has 1 fully saturated rings. The highest BCUT2D eigenvalue weighted by atomic mass is 32.2. The zero-order chi connectivity index (χ0) is 24.9. The standard InChI is InChI=1S/C27H33N3O4S/c1-27(26(32)28-19-23-13-7-3-8-14-23)21-29(35(33,34)24-15-9-4-10-16-24)20-25(31)30(27)18-17-22-11-5-2-6-12-22/h3-4,7-11,13-16H,2,5-6,12,17-21H2,1H3,(H,28,32)/t27-/m0/s1. The molecule has 4 rings (SSSR count). The van der Waals surface area contributed by atoms with Crippen LogP contribution in [0.5, 0.6) is 0 Å². The lowest BCUT2D eigenvalue weighted by Gasteiger charge is -2.47. The number of rotatable bonds is 8. The molecule has 1 heterocycles. The number of nitrogens with one attached hydrogen (secondary N) is 1. The second-order valence-electron chi connectivity index (χ2n) is 9.43. The number of nitrogens with zero attached hydrogens (tertiary/aromatic N) is 2. The number of hydrogen-bond donors (Lipinski definition) is 1. The molecule has 1 N–H and O–H groups in total. The predicted molar refractivity (Wildman–Crippen MR) is 135 cm³/mol. The van der Waals surface area contributed by atoms with E-state index >= 15 is 0 Å². The molecule has 35 heavy (non-hydrogen) atoms. The van der Waals surface area contributed by atoms with Gasteiger partial charge in [0.15, 0.2) is 0 Å². The van der Waals surface area contributed by atoms with Crippen molar-refractivity contribution in [3.8, 4) is 0 Å². The Kier molecular flexibility index (Phi) is 7.72. The fraction of sp³-hybridized carbons (Fsp3) is 0.407.